The first-order chi connectivity index (χ1) is 16.6. The SMILES string of the molecule is C#CCCC[C@@H](NC(=O)OC(C)(C)C)C(=O)N1CCO[C@H]2CCN(C(=O)c3cc(CO)on3)C[C@@H]21. The van der Waals surface area contributed by atoms with Gasteiger partial charge in [0.15, 0.2) is 11.5 Å². The lowest BCUT2D eigenvalue weighted by atomic mass is 9.96. The van der Waals surface area contributed by atoms with E-state index in [1.54, 1.807) is 30.6 Å². The Hall–Kier alpha value is -3.10. The van der Waals surface area contributed by atoms with Crippen molar-refractivity contribution < 1.29 is 33.5 Å². The van der Waals surface area contributed by atoms with Gasteiger partial charge in [-0.15, -0.1) is 12.3 Å². The minimum atomic E-state index is -0.814. The van der Waals surface area contributed by atoms with Crippen LogP contribution in [0.25, 0.3) is 0 Å². The number of amides is 3. The highest BCUT2D eigenvalue weighted by Crippen LogP contribution is 2.25. The number of fused-ring (bicyclic) bond motifs is 1. The van der Waals surface area contributed by atoms with Gasteiger partial charge in [0.25, 0.3) is 5.91 Å². The van der Waals surface area contributed by atoms with Crippen LogP contribution in [0.15, 0.2) is 10.6 Å². The Kier molecular flexibility index (Phi) is 8.75. The molecule has 3 heterocycles. The Balaban J connectivity index is 1.74. The van der Waals surface area contributed by atoms with Gasteiger partial charge in [0.2, 0.25) is 5.91 Å². The number of aliphatic hydroxyl groups excluding tert-OH is 1. The van der Waals surface area contributed by atoms with Crippen LogP contribution in [-0.4, -0.2) is 88.0 Å². The van der Waals surface area contributed by atoms with Crippen molar-refractivity contribution in [1.29, 1.82) is 0 Å². The number of terminal acetylenes is 1. The fourth-order valence-corrected chi connectivity index (χ4v) is 4.30. The highest BCUT2D eigenvalue weighted by Gasteiger charge is 2.42. The number of nitrogens with zero attached hydrogens (tertiary/aromatic N) is 3. The van der Waals surface area contributed by atoms with E-state index in [4.69, 9.17) is 20.4 Å². The van der Waals surface area contributed by atoms with E-state index < -0.39 is 17.7 Å². The van der Waals surface area contributed by atoms with E-state index in [1.807, 2.05) is 0 Å². The summed E-state index contributed by atoms with van der Waals surface area (Å²) in [4.78, 5) is 42.3. The molecule has 3 amide bonds. The minimum Gasteiger partial charge on any atom is -0.444 e. The van der Waals surface area contributed by atoms with Gasteiger partial charge in [-0.2, -0.15) is 0 Å². The van der Waals surface area contributed by atoms with Crippen LogP contribution in [0.1, 0.15) is 62.7 Å². The lowest BCUT2D eigenvalue weighted by Gasteiger charge is -2.47. The average Bonchev–Trinajstić information content (AvgIpc) is 3.30. The zero-order valence-electron chi connectivity index (χ0n) is 20.5. The van der Waals surface area contributed by atoms with Gasteiger partial charge >= 0.3 is 6.09 Å². The second-order valence-corrected chi connectivity index (χ2v) is 9.68. The molecule has 11 nitrogen and oxygen atoms in total. The Bertz CT molecular complexity index is 948. The number of unbranched alkanes of at least 4 members (excludes halogenated alkanes) is 1. The highest BCUT2D eigenvalue weighted by atomic mass is 16.6. The molecule has 0 aliphatic carbocycles. The van der Waals surface area contributed by atoms with Gasteiger partial charge in [0, 0.05) is 32.1 Å². The predicted octanol–water partition coefficient (Wildman–Crippen LogP) is 1.31. The van der Waals surface area contributed by atoms with Crippen LogP contribution in [0.5, 0.6) is 0 Å². The molecule has 0 radical (unpaired) electrons. The molecular formula is C24H34N4O7. The van der Waals surface area contributed by atoms with Crippen LogP contribution in [0.4, 0.5) is 4.79 Å². The summed E-state index contributed by atoms with van der Waals surface area (Å²) in [5.74, 6) is 2.15. The summed E-state index contributed by atoms with van der Waals surface area (Å²) in [6.45, 7) is 6.29. The van der Waals surface area contributed by atoms with Crippen LogP contribution in [0, 0.1) is 12.3 Å². The monoisotopic (exact) mass is 490 g/mol. The third kappa shape index (κ3) is 6.96. The molecule has 0 unspecified atom stereocenters. The van der Waals surface area contributed by atoms with Crippen LogP contribution in [0.2, 0.25) is 0 Å². The summed E-state index contributed by atoms with van der Waals surface area (Å²) in [5.41, 5.74) is -0.609. The molecule has 0 aromatic carbocycles. The number of likely N-dealkylation sites (tertiary alicyclic amines) is 1. The number of aromatic nitrogens is 1. The standard InChI is InChI=1S/C24H34N4O7/c1-5-6-7-8-17(25-23(32)34-24(2,3)4)22(31)28-11-12-33-20-9-10-27(14-19(20)28)21(30)18-13-16(15-29)35-26-18/h1,13,17,19-20,29H,6-12,14-15H2,2-4H3,(H,25,32)/t17-,19+,20+/m1/s1. The first-order valence-corrected chi connectivity index (χ1v) is 11.8. The summed E-state index contributed by atoms with van der Waals surface area (Å²) < 4.78 is 16.2. The first-order valence-electron chi connectivity index (χ1n) is 11.8. The number of nitrogens with one attached hydrogen (secondary N) is 1. The van der Waals surface area contributed by atoms with Crippen molar-refractivity contribution in [2.24, 2.45) is 0 Å². The van der Waals surface area contributed by atoms with Crippen molar-refractivity contribution in [2.75, 3.05) is 26.2 Å². The van der Waals surface area contributed by atoms with Crippen molar-refractivity contribution in [3.05, 3.63) is 17.5 Å². The van der Waals surface area contributed by atoms with Crippen molar-refractivity contribution in [1.82, 2.24) is 20.3 Å². The number of rotatable bonds is 7. The molecule has 1 aromatic heterocycles. The number of morpholine rings is 1. The Morgan fingerprint density at radius 3 is 2.80 bits per heavy atom. The van der Waals surface area contributed by atoms with Gasteiger partial charge in [0.1, 0.15) is 18.2 Å². The van der Waals surface area contributed by atoms with Gasteiger partial charge in [-0.3, -0.25) is 9.59 Å². The van der Waals surface area contributed by atoms with E-state index in [2.05, 4.69) is 16.4 Å². The van der Waals surface area contributed by atoms with E-state index in [0.717, 1.165) is 0 Å². The zero-order chi connectivity index (χ0) is 25.6. The largest absolute Gasteiger partial charge is 0.444 e. The van der Waals surface area contributed by atoms with Gasteiger partial charge in [-0.05, 0) is 40.0 Å². The minimum absolute atomic E-state index is 0.0980. The van der Waals surface area contributed by atoms with Gasteiger partial charge in [0.05, 0.1) is 18.8 Å². The number of carbonyl (C=O) groups excluding carboxylic acids is 3. The van der Waals surface area contributed by atoms with Gasteiger partial charge < -0.3 is 34.2 Å². The lowest BCUT2D eigenvalue weighted by Crippen LogP contribution is -2.64. The Morgan fingerprint density at radius 2 is 2.14 bits per heavy atom. The van der Waals surface area contributed by atoms with E-state index in [9.17, 15) is 19.5 Å². The topological polar surface area (TPSA) is 134 Å². The first kappa shape index (κ1) is 26.5. The summed E-state index contributed by atoms with van der Waals surface area (Å²) in [5, 5.41) is 15.6. The number of aliphatic hydroxyl groups is 1. The molecule has 2 aliphatic rings. The van der Waals surface area contributed by atoms with Crippen molar-refractivity contribution in [2.45, 2.75) is 76.9 Å². The predicted molar refractivity (Wildman–Crippen MR) is 124 cm³/mol. The van der Waals surface area contributed by atoms with Gasteiger partial charge in [-0.25, -0.2) is 4.79 Å². The molecule has 192 valence electrons. The molecule has 2 N–H and O–H groups in total. The lowest BCUT2D eigenvalue weighted by molar-refractivity contribution is -0.153. The molecule has 1 aromatic rings. The number of hydrogen-bond acceptors (Lipinski definition) is 8. The van der Waals surface area contributed by atoms with Crippen LogP contribution in [-0.2, 0) is 20.9 Å². The number of alkyl carbamates (subject to hydrolysis) is 1. The maximum Gasteiger partial charge on any atom is 0.408 e. The second kappa shape index (κ2) is 11.6. The van der Waals surface area contributed by atoms with Crippen LogP contribution < -0.4 is 5.32 Å². The van der Waals surface area contributed by atoms with E-state index in [-0.39, 0.29) is 48.6 Å². The molecule has 3 rings (SSSR count). The smallest absolute Gasteiger partial charge is 0.408 e. The van der Waals surface area contributed by atoms with Crippen molar-refractivity contribution in [3.63, 3.8) is 0 Å². The molecule has 2 fully saturated rings. The molecular weight excluding hydrogens is 456 g/mol. The third-order valence-electron chi connectivity index (χ3n) is 5.89. The van der Waals surface area contributed by atoms with E-state index in [0.29, 0.717) is 45.4 Å². The molecule has 0 saturated carbocycles. The maximum absolute atomic E-state index is 13.6. The Labute approximate surface area is 205 Å². The molecule has 2 saturated heterocycles. The number of piperidine rings is 1. The molecule has 11 heteroatoms. The fraction of sp³-hybridized carbons (Fsp3) is 0.667. The summed E-state index contributed by atoms with van der Waals surface area (Å²) in [6, 6.07) is 0.209. The normalized spacial score (nSPS) is 21.0. The number of hydrogen-bond donors (Lipinski definition) is 2. The van der Waals surface area contributed by atoms with E-state index in [1.165, 1.54) is 6.07 Å². The molecule has 0 spiro atoms. The summed E-state index contributed by atoms with van der Waals surface area (Å²) >= 11 is 0. The summed E-state index contributed by atoms with van der Waals surface area (Å²) in [7, 11) is 0. The fourth-order valence-electron chi connectivity index (χ4n) is 4.30. The highest BCUT2D eigenvalue weighted by molar-refractivity contribution is 5.92. The van der Waals surface area contributed by atoms with Crippen LogP contribution in [0.3, 0.4) is 0 Å². The van der Waals surface area contributed by atoms with Gasteiger partial charge in [-0.1, -0.05) is 5.16 Å². The summed E-state index contributed by atoms with van der Waals surface area (Å²) in [6.07, 6.45) is 6.42. The quantitative estimate of drug-likeness (QED) is 0.432. The van der Waals surface area contributed by atoms with Crippen LogP contribution >= 0.6 is 0 Å². The third-order valence-corrected chi connectivity index (χ3v) is 5.89. The molecule has 3 atom stereocenters. The average molecular weight is 491 g/mol. The van der Waals surface area contributed by atoms with Crippen molar-refractivity contribution in [3.8, 4) is 12.3 Å². The second-order valence-electron chi connectivity index (χ2n) is 9.68. The molecule has 2 aliphatic heterocycles. The number of ether oxygens (including phenoxy) is 2. The molecule has 35 heavy (non-hydrogen) atoms. The maximum atomic E-state index is 13.6. The Morgan fingerprint density at radius 1 is 1.37 bits per heavy atom. The van der Waals surface area contributed by atoms with E-state index >= 15 is 0 Å². The van der Waals surface area contributed by atoms with Crippen molar-refractivity contribution >= 4 is 17.9 Å². The number of carbonyl (C=O) groups is 3. The molecule has 0 bridgehead atoms. The zero-order valence-corrected chi connectivity index (χ0v) is 20.5.